The Hall–Kier alpha value is -2.45. The van der Waals surface area contributed by atoms with Gasteiger partial charge in [-0.2, -0.15) is 0 Å². The van der Waals surface area contributed by atoms with E-state index in [2.05, 4.69) is 18.7 Å². The van der Waals surface area contributed by atoms with Gasteiger partial charge in [-0.1, -0.05) is 49.7 Å². The van der Waals surface area contributed by atoms with Crippen LogP contribution in [-0.4, -0.2) is 68.9 Å². The van der Waals surface area contributed by atoms with Crippen LogP contribution in [0.3, 0.4) is 0 Å². The highest BCUT2D eigenvalue weighted by Crippen LogP contribution is 2.49. The van der Waals surface area contributed by atoms with Crippen LogP contribution in [0.15, 0.2) is 36.4 Å². The Labute approximate surface area is 199 Å². The predicted molar refractivity (Wildman–Crippen MR) is 128 cm³/mol. The number of esters is 1. The number of benzene rings is 2. The van der Waals surface area contributed by atoms with E-state index < -0.39 is 17.5 Å². The van der Waals surface area contributed by atoms with Crippen molar-refractivity contribution in [2.24, 2.45) is 0 Å². The van der Waals surface area contributed by atoms with Crippen molar-refractivity contribution in [3.05, 3.63) is 63.7 Å². The maximum absolute atomic E-state index is 13.9. The number of hydrogen-bond donors (Lipinski definition) is 1. The molecule has 8 heteroatoms. The van der Waals surface area contributed by atoms with Gasteiger partial charge in [0, 0.05) is 31.3 Å². The van der Waals surface area contributed by atoms with Gasteiger partial charge in [0.2, 0.25) is 0 Å². The number of amides is 1. The number of carbonyl (C=O) groups is 2. The van der Waals surface area contributed by atoms with E-state index in [1.807, 2.05) is 12.1 Å². The van der Waals surface area contributed by atoms with Crippen LogP contribution in [0, 0.1) is 0 Å². The first kappa shape index (κ1) is 25.2. The predicted octanol–water partition coefficient (Wildman–Crippen LogP) is 3.24. The second-order valence-corrected chi connectivity index (χ2v) is 8.35. The molecule has 0 saturated heterocycles. The largest absolute Gasteiger partial charge is 0.465 e. The fourth-order valence-electron chi connectivity index (χ4n) is 4.37. The number of fused-ring (bicyclic) bond motifs is 1. The lowest BCUT2D eigenvalue weighted by molar-refractivity contribution is -0.132. The van der Waals surface area contributed by atoms with Crippen LogP contribution in [0.4, 0.5) is 5.69 Å². The first-order chi connectivity index (χ1) is 15.8. The topological polar surface area (TPSA) is 79.3 Å². The molecule has 2 aromatic carbocycles. The molecule has 0 saturated carbocycles. The van der Waals surface area contributed by atoms with E-state index in [4.69, 9.17) is 21.1 Å². The normalized spacial score (nSPS) is 17.5. The molecule has 0 fully saturated rings. The summed E-state index contributed by atoms with van der Waals surface area (Å²) in [6, 6.07) is 10.3. The van der Waals surface area contributed by atoms with Crippen molar-refractivity contribution in [3.63, 3.8) is 0 Å². The zero-order chi connectivity index (χ0) is 24.2. The zero-order valence-electron chi connectivity index (χ0n) is 19.6. The van der Waals surface area contributed by atoms with E-state index >= 15 is 0 Å². The van der Waals surface area contributed by atoms with Crippen LogP contribution in [0.5, 0.6) is 0 Å². The Morgan fingerprint density at radius 1 is 1.18 bits per heavy atom. The number of halogens is 1. The summed E-state index contributed by atoms with van der Waals surface area (Å²) in [5.74, 6) is -1.05. The van der Waals surface area contributed by atoms with Crippen molar-refractivity contribution in [2.75, 3.05) is 51.9 Å². The summed E-state index contributed by atoms with van der Waals surface area (Å²) in [4.78, 5) is 29.8. The van der Waals surface area contributed by atoms with Gasteiger partial charge in [0.25, 0.3) is 5.91 Å². The van der Waals surface area contributed by atoms with E-state index in [0.29, 0.717) is 37.4 Å². The number of carbonyl (C=O) groups excluding carboxylic acids is 2. The van der Waals surface area contributed by atoms with Gasteiger partial charge in [-0.15, -0.1) is 0 Å². The van der Waals surface area contributed by atoms with Crippen molar-refractivity contribution in [2.45, 2.75) is 25.9 Å². The maximum atomic E-state index is 13.9. The third kappa shape index (κ3) is 4.64. The van der Waals surface area contributed by atoms with Crippen molar-refractivity contribution in [3.8, 4) is 0 Å². The molecule has 1 unspecified atom stereocenters. The number of anilines is 1. The summed E-state index contributed by atoms with van der Waals surface area (Å²) >= 11 is 6.63. The number of hydrogen-bond acceptors (Lipinski definition) is 6. The van der Waals surface area contributed by atoms with E-state index in [1.165, 1.54) is 18.1 Å². The van der Waals surface area contributed by atoms with Crippen molar-refractivity contribution in [1.82, 2.24) is 4.90 Å². The molecule has 0 aromatic heterocycles. The van der Waals surface area contributed by atoms with Gasteiger partial charge in [-0.25, -0.2) is 4.79 Å². The number of methoxy groups -OCH3 is 2. The summed E-state index contributed by atoms with van der Waals surface area (Å²) < 4.78 is 10.1. The molecule has 0 aliphatic carbocycles. The molecule has 0 radical (unpaired) electrons. The number of nitrogens with zero attached hydrogens (tertiary/aromatic N) is 2. The summed E-state index contributed by atoms with van der Waals surface area (Å²) in [6.07, 6.45) is 0.523. The van der Waals surface area contributed by atoms with Crippen LogP contribution in [0.25, 0.3) is 0 Å². The molecule has 2 aromatic rings. The van der Waals surface area contributed by atoms with Crippen LogP contribution < -0.4 is 4.90 Å². The summed E-state index contributed by atoms with van der Waals surface area (Å²) in [6.45, 7) is 7.16. The van der Waals surface area contributed by atoms with E-state index in [0.717, 1.165) is 18.7 Å². The fourth-order valence-corrected chi connectivity index (χ4v) is 4.72. The SMILES string of the molecule is CCN(CC)CCN1C(=O)C(O)(c2ccccc2CCOC)c2c(Cl)cc(C(=O)OC)cc21. The average molecular weight is 475 g/mol. The third-order valence-corrected chi connectivity index (χ3v) is 6.51. The second-order valence-electron chi connectivity index (χ2n) is 7.94. The van der Waals surface area contributed by atoms with Crippen LogP contribution >= 0.6 is 11.6 Å². The average Bonchev–Trinajstić information content (AvgIpc) is 3.05. The molecule has 1 aliphatic rings. The van der Waals surface area contributed by atoms with E-state index in [-0.39, 0.29) is 16.1 Å². The van der Waals surface area contributed by atoms with Crippen molar-refractivity contribution in [1.29, 1.82) is 0 Å². The zero-order valence-corrected chi connectivity index (χ0v) is 20.3. The maximum Gasteiger partial charge on any atom is 0.337 e. The van der Waals surface area contributed by atoms with Gasteiger partial charge in [0.1, 0.15) is 0 Å². The van der Waals surface area contributed by atoms with E-state index in [9.17, 15) is 14.7 Å². The first-order valence-electron chi connectivity index (χ1n) is 11.1. The highest BCUT2D eigenvalue weighted by molar-refractivity contribution is 6.33. The third-order valence-electron chi connectivity index (χ3n) is 6.21. The Bertz CT molecular complexity index is 1020. The number of likely N-dealkylation sites (N-methyl/N-ethyl adjacent to an activating group) is 1. The standard InChI is InChI=1S/C25H31ClN2O5/c1-5-27(6-2)12-13-28-21-16-18(23(29)33-4)15-20(26)22(21)25(31,24(28)30)19-10-8-7-9-17(19)11-14-32-3/h7-10,15-16,31H,5-6,11-14H2,1-4H3. The van der Waals surface area contributed by atoms with Gasteiger partial charge in [-0.3, -0.25) is 4.79 Å². The minimum atomic E-state index is -1.98. The molecule has 0 bridgehead atoms. The minimum Gasteiger partial charge on any atom is -0.465 e. The molecule has 1 aliphatic heterocycles. The quantitative estimate of drug-likeness (QED) is 0.532. The Kier molecular flexibility index (Phi) is 8.13. The molecule has 3 rings (SSSR count). The van der Waals surface area contributed by atoms with Crippen molar-refractivity contribution < 1.29 is 24.2 Å². The molecule has 7 nitrogen and oxygen atoms in total. The van der Waals surface area contributed by atoms with Gasteiger partial charge in [0.05, 0.1) is 30.0 Å². The summed E-state index contributed by atoms with van der Waals surface area (Å²) in [7, 11) is 2.89. The smallest absolute Gasteiger partial charge is 0.337 e. The lowest BCUT2D eigenvalue weighted by atomic mass is 9.83. The van der Waals surface area contributed by atoms with Gasteiger partial charge in [0.15, 0.2) is 5.60 Å². The molecule has 178 valence electrons. The lowest BCUT2D eigenvalue weighted by Gasteiger charge is -2.27. The molecular weight excluding hydrogens is 444 g/mol. The van der Waals surface area contributed by atoms with Crippen LogP contribution in [-0.2, 0) is 26.3 Å². The van der Waals surface area contributed by atoms with Gasteiger partial charge < -0.3 is 24.4 Å². The highest BCUT2D eigenvalue weighted by Gasteiger charge is 2.53. The fraction of sp³-hybridized carbons (Fsp3) is 0.440. The van der Waals surface area contributed by atoms with E-state index in [1.54, 1.807) is 25.3 Å². The number of ether oxygens (including phenoxy) is 2. The number of aliphatic hydroxyl groups is 1. The molecule has 0 spiro atoms. The Morgan fingerprint density at radius 3 is 2.52 bits per heavy atom. The first-order valence-corrected chi connectivity index (χ1v) is 11.5. The van der Waals surface area contributed by atoms with Crippen molar-refractivity contribution >= 4 is 29.2 Å². The monoisotopic (exact) mass is 474 g/mol. The van der Waals surface area contributed by atoms with Gasteiger partial charge in [-0.05, 0) is 37.2 Å². The molecule has 33 heavy (non-hydrogen) atoms. The van der Waals surface area contributed by atoms with Crippen LogP contribution in [0.1, 0.15) is 40.9 Å². The summed E-state index contributed by atoms with van der Waals surface area (Å²) in [5.41, 5.74) is 0.203. The molecule has 1 amide bonds. The highest BCUT2D eigenvalue weighted by atomic mass is 35.5. The Morgan fingerprint density at radius 2 is 1.88 bits per heavy atom. The number of rotatable bonds is 10. The molecular formula is C25H31ClN2O5. The molecule has 1 atom stereocenters. The molecule has 1 N–H and O–H groups in total. The Balaban J connectivity index is 2.18. The second kappa shape index (κ2) is 10.7. The minimum absolute atomic E-state index is 0.135. The van der Waals surface area contributed by atoms with Crippen LogP contribution in [0.2, 0.25) is 5.02 Å². The molecule has 1 heterocycles. The lowest BCUT2D eigenvalue weighted by Crippen LogP contribution is -2.44. The van der Waals surface area contributed by atoms with Gasteiger partial charge >= 0.3 is 5.97 Å². The summed E-state index contributed by atoms with van der Waals surface area (Å²) in [5, 5.41) is 12.2.